The van der Waals surface area contributed by atoms with Gasteiger partial charge in [0.05, 0.1) is 0 Å². The van der Waals surface area contributed by atoms with Crippen LogP contribution in [0.4, 0.5) is 4.39 Å². The molecule has 3 rings (SSSR count). The van der Waals surface area contributed by atoms with E-state index in [1.807, 2.05) is 25.1 Å². The first-order valence-corrected chi connectivity index (χ1v) is 7.86. The molecule has 0 atom stereocenters. The maximum absolute atomic E-state index is 12.9. The first-order valence-electron chi connectivity index (χ1n) is 7.86. The molecular formula is C20H17FN2O2. The van der Waals surface area contributed by atoms with Crippen molar-refractivity contribution in [3.63, 3.8) is 0 Å². The number of nitrogens with one attached hydrogen (secondary N) is 2. The van der Waals surface area contributed by atoms with Crippen LogP contribution in [-0.4, -0.2) is 16.7 Å². The normalized spacial score (nSPS) is 10.5. The number of aromatic amines is 1. The van der Waals surface area contributed by atoms with E-state index in [9.17, 15) is 14.0 Å². The third-order valence-electron chi connectivity index (χ3n) is 3.95. The minimum absolute atomic E-state index is 0.132. The molecule has 0 bridgehead atoms. The molecule has 1 amide bonds. The van der Waals surface area contributed by atoms with Crippen LogP contribution in [0.3, 0.4) is 0 Å². The highest BCUT2D eigenvalue weighted by Crippen LogP contribution is 2.15. The molecule has 0 saturated heterocycles. The van der Waals surface area contributed by atoms with Gasteiger partial charge in [0.15, 0.2) is 5.78 Å². The molecule has 4 nitrogen and oxygen atoms in total. The lowest BCUT2D eigenvalue weighted by Gasteiger charge is -2.04. The molecule has 2 N–H and O–H groups in total. The van der Waals surface area contributed by atoms with Crippen molar-refractivity contribution in [2.75, 3.05) is 0 Å². The maximum atomic E-state index is 12.9. The number of hydrogen-bond acceptors (Lipinski definition) is 2. The Bertz CT molecular complexity index is 913. The number of carbonyl (C=O) groups excluding carboxylic acids is 2. The molecule has 0 spiro atoms. The molecule has 0 radical (unpaired) electrons. The molecule has 3 aromatic rings. The van der Waals surface area contributed by atoms with Gasteiger partial charge < -0.3 is 10.3 Å². The van der Waals surface area contributed by atoms with Crippen LogP contribution in [0, 0.1) is 12.7 Å². The molecule has 0 fully saturated rings. The molecule has 0 aliphatic rings. The van der Waals surface area contributed by atoms with Crippen molar-refractivity contribution in [2.45, 2.75) is 13.5 Å². The van der Waals surface area contributed by atoms with Gasteiger partial charge in [-0.05, 0) is 36.2 Å². The van der Waals surface area contributed by atoms with Gasteiger partial charge in [-0.2, -0.15) is 0 Å². The van der Waals surface area contributed by atoms with Gasteiger partial charge in [-0.25, -0.2) is 4.39 Å². The summed E-state index contributed by atoms with van der Waals surface area (Å²) in [6.07, 6.45) is 1.53. The smallest absolute Gasteiger partial charge is 0.267 e. The second-order valence-corrected chi connectivity index (χ2v) is 5.76. The summed E-state index contributed by atoms with van der Waals surface area (Å²) in [6, 6.07) is 14.8. The van der Waals surface area contributed by atoms with Crippen LogP contribution < -0.4 is 5.32 Å². The van der Waals surface area contributed by atoms with E-state index in [1.54, 1.807) is 18.2 Å². The second kappa shape index (κ2) is 7.13. The molecule has 1 aromatic heterocycles. The Kier molecular flexibility index (Phi) is 4.75. The lowest BCUT2D eigenvalue weighted by Crippen LogP contribution is -2.23. The van der Waals surface area contributed by atoms with E-state index in [4.69, 9.17) is 0 Å². The van der Waals surface area contributed by atoms with Crippen LogP contribution in [0.5, 0.6) is 0 Å². The molecule has 5 heteroatoms. The van der Waals surface area contributed by atoms with E-state index >= 15 is 0 Å². The van der Waals surface area contributed by atoms with Crippen molar-refractivity contribution in [1.29, 1.82) is 0 Å². The standard InChI is InChI=1S/C20H17FN2O2/c1-13-4-2-3-5-17(13)19(24)15-10-18(22-12-15)20(25)23-11-14-6-8-16(21)9-7-14/h2-10,12,22H,11H2,1H3,(H,23,25). The largest absolute Gasteiger partial charge is 0.356 e. The Hall–Kier alpha value is -3.21. The quantitative estimate of drug-likeness (QED) is 0.699. The number of aryl methyl sites for hydroxylation is 1. The molecule has 1 heterocycles. The van der Waals surface area contributed by atoms with Crippen molar-refractivity contribution in [2.24, 2.45) is 0 Å². The highest BCUT2D eigenvalue weighted by Gasteiger charge is 2.15. The number of halogens is 1. The first kappa shape index (κ1) is 16.6. The van der Waals surface area contributed by atoms with Crippen LogP contribution in [0.15, 0.2) is 60.8 Å². The Morgan fingerprint density at radius 2 is 1.80 bits per heavy atom. The van der Waals surface area contributed by atoms with Crippen molar-refractivity contribution >= 4 is 11.7 Å². The molecule has 0 saturated carbocycles. The molecular weight excluding hydrogens is 319 g/mol. The summed E-state index contributed by atoms with van der Waals surface area (Å²) in [5, 5.41) is 2.73. The van der Waals surface area contributed by atoms with Crippen LogP contribution >= 0.6 is 0 Å². The van der Waals surface area contributed by atoms with Crippen molar-refractivity contribution < 1.29 is 14.0 Å². The van der Waals surface area contributed by atoms with E-state index in [2.05, 4.69) is 10.3 Å². The molecule has 0 aliphatic carbocycles. The Balaban J connectivity index is 1.68. The molecule has 0 aliphatic heterocycles. The number of H-pyrrole nitrogens is 1. The number of rotatable bonds is 5. The Morgan fingerprint density at radius 1 is 1.08 bits per heavy atom. The van der Waals surface area contributed by atoms with E-state index < -0.39 is 0 Å². The second-order valence-electron chi connectivity index (χ2n) is 5.76. The van der Waals surface area contributed by atoms with Gasteiger partial charge in [-0.15, -0.1) is 0 Å². The molecule has 0 unspecified atom stereocenters. The monoisotopic (exact) mass is 336 g/mol. The lowest BCUT2D eigenvalue weighted by molar-refractivity contribution is 0.0946. The predicted octanol–water partition coefficient (Wildman–Crippen LogP) is 3.62. The summed E-state index contributed by atoms with van der Waals surface area (Å²) in [5.74, 6) is -0.779. The van der Waals surface area contributed by atoms with Crippen LogP contribution in [0.25, 0.3) is 0 Å². The third-order valence-corrected chi connectivity index (χ3v) is 3.95. The maximum Gasteiger partial charge on any atom is 0.267 e. The number of ketones is 1. The number of amides is 1. The summed E-state index contributed by atoms with van der Waals surface area (Å²) >= 11 is 0. The van der Waals surface area contributed by atoms with Crippen molar-refractivity contribution in [3.05, 3.63) is 94.6 Å². The Labute approximate surface area is 144 Å². The van der Waals surface area contributed by atoms with Gasteiger partial charge in [-0.3, -0.25) is 9.59 Å². The van der Waals surface area contributed by atoms with Gasteiger partial charge >= 0.3 is 0 Å². The SMILES string of the molecule is Cc1ccccc1C(=O)c1c[nH]c(C(=O)NCc2ccc(F)cc2)c1. The van der Waals surface area contributed by atoms with E-state index in [0.29, 0.717) is 16.8 Å². The molecule has 2 aromatic carbocycles. The van der Waals surface area contributed by atoms with Gasteiger partial charge in [-0.1, -0.05) is 36.4 Å². The van der Waals surface area contributed by atoms with E-state index in [-0.39, 0.29) is 24.1 Å². The van der Waals surface area contributed by atoms with E-state index in [1.165, 1.54) is 24.4 Å². The predicted molar refractivity (Wildman–Crippen MR) is 93.0 cm³/mol. The van der Waals surface area contributed by atoms with Crippen molar-refractivity contribution in [3.8, 4) is 0 Å². The summed E-state index contributed by atoms with van der Waals surface area (Å²) in [5.41, 5.74) is 3.02. The topological polar surface area (TPSA) is 62.0 Å². The average molecular weight is 336 g/mol. The van der Waals surface area contributed by atoms with Crippen LogP contribution in [0.2, 0.25) is 0 Å². The summed E-state index contributed by atoms with van der Waals surface area (Å²) in [4.78, 5) is 27.6. The van der Waals surface area contributed by atoms with Gasteiger partial charge in [0.1, 0.15) is 11.5 Å². The number of carbonyl (C=O) groups is 2. The average Bonchev–Trinajstić information content (AvgIpc) is 3.11. The lowest BCUT2D eigenvalue weighted by atomic mass is 10.0. The number of hydrogen-bond donors (Lipinski definition) is 2. The fourth-order valence-corrected chi connectivity index (χ4v) is 2.52. The Morgan fingerprint density at radius 3 is 2.52 bits per heavy atom. The third kappa shape index (κ3) is 3.83. The minimum atomic E-state index is -0.326. The van der Waals surface area contributed by atoms with Crippen LogP contribution in [0.1, 0.15) is 37.5 Å². The first-order chi connectivity index (χ1) is 12.0. The van der Waals surface area contributed by atoms with Gasteiger partial charge in [0, 0.05) is 23.9 Å². The number of benzene rings is 2. The highest BCUT2D eigenvalue weighted by atomic mass is 19.1. The van der Waals surface area contributed by atoms with Gasteiger partial charge in [0.2, 0.25) is 0 Å². The van der Waals surface area contributed by atoms with Crippen molar-refractivity contribution in [1.82, 2.24) is 10.3 Å². The minimum Gasteiger partial charge on any atom is -0.356 e. The fourth-order valence-electron chi connectivity index (χ4n) is 2.52. The zero-order chi connectivity index (χ0) is 17.8. The summed E-state index contributed by atoms with van der Waals surface area (Å²) in [7, 11) is 0. The summed E-state index contributed by atoms with van der Waals surface area (Å²) < 4.78 is 12.9. The van der Waals surface area contributed by atoms with Crippen LogP contribution in [-0.2, 0) is 6.54 Å². The fraction of sp³-hybridized carbons (Fsp3) is 0.100. The van der Waals surface area contributed by atoms with Gasteiger partial charge in [0.25, 0.3) is 5.91 Å². The molecule has 126 valence electrons. The molecule has 25 heavy (non-hydrogen) atoms. The zero-order valence-corrected chi connectivity index (χ0v) is 13.7. The zero-order valence-electron chi connectivity index (χ0n) is 13.7. The summed E-state index contributed by atoms with van der Waals surface area (Å²) in [6.45, 7) is 2.15. The number of aromatic nitrogens is 1. The highest BCUT2D eigenvalue weighted by molar-refractivity contribution is 6.11. The van der Waals surface area contributed by atoms with E-state index in [0.717, 1.165) is 11.1 Å².